The molecule has 0 radical (unpaired) electrons. The third-order valence-electron chi connectivity index (χ3n) is 9.76. The van der Waals surface area contributed by atoms with Crippen molar-refractivity contribution in [1.29, 1.82) is 0 Å². The number of fused-ring (bicyclic) bond motifs is 1. The van der Waals surface area contributed by atoms with Crippen LogP contribution in [0.25, 0.3) is 0 Å². The van der Waals surface area contributed by atoms with Crippen LogP contribution in [0.4, 0.5) is 0 Å². The Morgan fingerprint density at radius 3 is 2.34 bits per heavy atom. The number of carbonyl (C=O) groups is 1. The fraction of sp³-hybridized carbons (Fsp3) is 0.561. The molecule has 0 saturated heterocycles. The van der Waals surface area contributed by atoms with Crippen LogP contribution in [-0.2, 0) is 26.8 Å². The summed E-state index contributed by atoms with van der Waals surface area (Å²) in [5.41, 5.74) is 4.21. The van der Waals surface area contributed by atoms with Crippen molar-refractivity contribution in [3.8, 4) is 17.2 Å². The minimum absolute atomic E-state index is 0.0521. The maximum absolute atomic E-state index is 13.7. The molecule has 1 aliphatic rings. The number of ether oxygens (including phenoxy) is 4. The lowest BCUT2D eigenvalue weighted by atomic mass is 9.82. The number of esters is 1. The summed E-state index contributed by atoms with van der Waals surface area (Å²) in [6.45, 7) is 22.1. The third kappa shape index (κ3) is 10.1. The normalized spacial score (nSPS) is 15.0. The molecule has 2 aromatic carbocycles. The highest BCUT2D eigenvalue weighted by molar-refractivity contribution is 6.74. The number of aliphatic hydroxyl groups excluding tert-OH is 1. The number of nitrogens with zero attached hydrogens (tertiary/aromatic N) is 1. The molecule has 1 aliphatic heterocycles. The third-order valence-corrected chi connectivity index (χ3v) is 14.3. The molecular weight excluding hydrogens is 647 g/mol. The Bertz CT molecular complexity index is 1610. The number of carbonyl (C=O) groups excluding carboxylic acids is 1. The molecule has 0 saturated carbocycles. The van der Waals surface area contributed by atoms with Gasteiger partial charge < -0.3 is 28.5 Å². The minimum atomic E-state index is -1.95. The number of aromatic nitrogens is 1. The number of hydrogen-bond acceptors (Lipinski definition) is 8. The van der Waals surface area contributed by atoms with E-state index in [4.69, 9.17) is 28.4 Å². The number of methoxy groups -OCH3 is 1. The molecule has 0 spiro atoms. The fourth-order valence-electron chi connectivity index (χ4n) is 5.93. The van der Waals surface area contributed by atoms with Crippen molar-refractivity contribution in [2.75, 3.05) is 20.5 Å². The predicted octanol–water partition coefficient (Wildman–Crippen LogP) is 9.31. The van der Waals surface area contributed by atoms with E-state index >= 15 is 0 Å². The quantitative estimate of drug-likeness (QED) is 0.124. The Hall–Kier alpha value is -3.40. The zero-order valence-electron chi connectivity index (χ0n) is 32.1. The first kappa shape index (κ1) is 39.4. The second-order valence-electron chi connectivity index (χ2n) is 16.2. The second-order valence-corrected chi connectivity index (χ2v) is 21.0. The van der Waals surface area contributed by atoms with Crippen LogP contribution in [0.2, 0.25) is 18.1 Å². The van der Waals surface area contributed by atoms with Crippen LogP contribution < -0.4 is 14.2 Å². The van der Waals surface area contributed by atoms with Crippen LogP contribution in [0.1, 0.15) is 120 Å². The van der Waals surface area contributed by atoms with Crippen LogP contribution in [0.5, 0.6) is 17.2 Å². The molecule has 0 fully saturated rings. The van der Waals surface area contributed by atoms with Crippen molar-refractivity contribution in [2.45, 2.75) is 123 Å². The molecule has 0 aliphatic carbocycles. The van der Waals surface area contributed by atoms with Gasteiger partial charge in [-0.3, -0.25) is 9.78 Å². The van der Waals surface area contributed by atoms with Crippen molar-refractivity contribution in [2.24, 2.45) is 5.92 Å². The van der Waals surface area contributed by atoms with Gasteiger partial charge in [-0.2, -0.15) is 0 Å². The Morgan fingerprint density at radius 1 is 0.980 bits per heavy atom. The van der Waals surface area contributed by atoms with Gasteiger partial charge >= 0.3 is 5.97 Å². The highest BCUT2D eigenvalue weighted by Crippen LogP contribution is 2.41. The van der Waals surface area contributed by atoms with Crippen LogP contribution in [0.3, 0.4) is 0 Å². The standard InChI is InChI=1S/C41H59NO7Si/c1-12-13-14-30-16-18-33(39(44)28-15-20-35-36(23-28)47-26-46-35)38(42-30)34(24-37(43)49-40(3,4)5)32-19-17-31(45-9)22-29(32)21-27(2)25-48-50(10,11)41(6,7)8/h15-20,22-23,27,34,39,44H,12-14,21,24-26H2,1-11H3/t27-,34+,39+/m0/s1. The van der Waals surface area contributed by atoms with Gasteiger partial charge in [0.2, 0.25) is 6.79 Å². The topological polar surface area (TPSA) is 96.3 Å². The van der Waals surface area contributed by atoms with Gasteiger partial charge in [-0.05, 0) is 111 Å². The molecule has 0 unspecified atom stereocenters. The lowest BCUT2D eigenvalue weighted by molar-refractivity contribution is -0.155. The Morgan fingerprint density at radius 2 is 1.68 bits per heavy atom. The van der Waals surface area contributed by atoms with Crippen LogP contribution in [0, 0.1) is 5.92 Å². The summed E-state index contributed by atoms with van der Waals surface area (Å²) in [4.78, 5) is 19.0. The molecule has 0 amide bonds. The molecule has 3 atom stereocenters. The number of aliphatic hydroxyl groups is 1. The number of aryl methyl sites for hydroxylation is 1. The van der Waals surface area contributed by atoms with Crippen molar-refractivity contribution < 1.29 is 33.3 Å². The summed E-state index contributed by atoms with van der Waals surface area (Å²) < 4.78 is 29.4. The van der Waals surface area contributed by atoms with Crippen LogP contribution in [-0.4, -0.2) is 50.5 Å². The fourth-order valence-corrected chi connectivity index (χ4v) is 7.06. The van der Waals surface area contributed by atoms with E-state index in [9.17, 15) is 9.90 Å². The van der Waals surface area contributed by atoms with Crippen molar-refractivity contribution in [3.63, 3.8) is 0 Å². The van der Waals surface area contributed by atoms with Gasteiger partial charge in [-0.1, -0.05) is 59.2 Å². The molecule has 8 nitrogen and oxygen atoms in total. The Labute approximate surface area is 301 Å². The molecular formula is C41H59NO7Si. The van der Waals surface area contributed by atoms with Gasteiger partial charge in [-0.25, -0.2) is 0 Å². The number of rotatable bonds is 15. The largest absolute Gasteiger partial charge is 0.497 e. The smallest absolute Gasteiger partial charge is 0.307 e. The molecule has 1 aromatic heterocycles. The molecule has 4 rings (SSSR count). The molecule has 3 aromatic rings. The van der Waals surface area contributed by atoms with Gasteiger partial charge in [0.15, 0.2) is 19.8 Å². The zero-order chi connectivity index (χ0) is 36.9. The molecule has 274 valence electrons. The van der Waals surface area contributed by atoms with E-state index in [0.717, 1.165) is 41.8 Å². The maximum atomic E-state index is 13.7. The highest BCUT2D eigenvalue weighted by Gasteiger charge is 2.37. The lowest BCUT2D eigenvalue weighted by Gasteiger charge is -2.37. The van der Waals surface area contributed by atoms with Gasteiger partial charge in [0.25, 0.3) is 0 Å². The SMILES string of the molecule is CCCCc1ccc([C@H](O)c2ccc3c(c2)OCO3)c([C@H](CC(=O)OC(C)(C)C)c2ccc(OC)cc2C[C@H](C)CO[Si](C)(C)C(C)(C)C)n1. The molecule has 50 heavy (non-hydrogen) atoms. The summed E-state index contributed by atoms with van der Waals surface area (Å²) in [6, 6.07) is 15.5. The number of unbranched alkanes of at least 4 members (excludes halogenated alkanes) is 1. The molecule has 2 heterocycles. The van der Waals surface area contributed by atoms with Gasteiger partial charge in [0, 0.05) is 23.8 Å². The van der Waals surface area contributed by atoms with Crippen molar-refractivity contribution in [3.05, 3.63) is 82.2 Å². The molecule has 9 heteroatoms. The average molecular weight is 706 g/mol. The van der Waals surface area contributed by atoms with Gasteiger partial charge in [-0.15, -0.1) is 0 Å². The van der Waals surface area contributed by atoms with Gasteiger partial charge in [0.1, 0.15) is 17.5 Å². The Kier molecular flexibility index (Phi) is 12.8. The maximum Gasteiger partial charge on any atom is 0.307 e. The van der Waals surface area contributed by atoms with E-state index in [-0.39, 0.29) is 30.1 Å². The minimum Gasteiger partial charge on any atom is -0.497 e. The average Bonchev–Trinajstić information content (AvgIpc) is 3.52. The summed E-state index contributed by atoms with van der Waals surface area (Å²) >= 11 is 0. The van der Waals surface area contributed by atoms with E-state index in [1.165, 1.54) is 0 Å². The summed E-state index contributed by atoms with van der Waals surface area (Å²) in [5.74, 6) is 1.34. The van der Waals surface area contributed by atoms with E-state index in [1.54, 1.807) is 7.11 Å². The van der Waals surface area contributed by atoms with Crippen LogP contribution in [0.15, 0.2) is 48.5 Å². The molecule has 1 N–H and O–H groups in total. The van der Waals surface area contributed by atoms with Crippen LogP contribution >= 0.6 is 0 Å². The first-order valence-corrected chi connectivity index (χ1v) is 20.9. The van der Waals surface area contributed by atoms with E-state index in [2.05, 4.69) is 53.8 Å². The number of hydrogen-bond donors (Lipinski definition) is 1. The second kappa shape index (κ2) is 16.3. The zero-order valence-corrected chi connectivity index (χ0v) is 33.1. The monoisotopic (exact) mass is 705 g/mol. The van der Waals surface area contributed by atoms with Gasteiger partial charge in [0.05, 0.1) is 19.2 Å². The Balaban J connectivity index is 1.84. The molecule has 0 bridgehead atoms. The summed E-state index contributed by atoms with van der Waals surface area (Å²) in [6.07, 6.45) is 2.54. The van der Waals surface area contributed by atoms with Crippen molar-refractivity contribution in [1.82, 2.24) is 4.98 Å². The first-order chi connectivity index (χ1) is 23.4. The summed E-state index contributed by atoms with van der Waals surface area (Å²) in [7, 11) is -0.286. The first-order valence-electron chi connectivity index (χ1n) is 18.0. The lowest BCUT2D eigenvalue weighted by Crippen LogP contribution is -2.41. The van der Waals surface area contributed by atoms with E-state index in [0.29, 0.717) is 41.3 Å². The number of benzene rings is 2. The predicted molar refractivity (Wildman–Crippen MR) is 201 cm³/mol. The summed E-state index contributed by atoms with van der Waals surface area (Å²) in [5, 5.41) is 12.1. The van der Waals surface area contributed by atoms with E-state index < -0.39 is 25.9 Å². The number of pyridine rings is 1. The van der Waals surface area contributed by atoms with Crippen molar-refractivity contribution >= 4 is 14.3 Å². The van der Waals surface area contributed by atoms with E-state index in [1.807, 2.05) is 63.2 Å². The highest BCUT2D eigenvalue weighted by atomic mass is 28.4.